The van der Waals surface area contributed by atoms with Gasteiger partial charge in [0.15, 0.2) is 0 Å². The minimum absolute atomic E-state index is 0.121. The van der Waals surface area contributed by atoms with Gasteiger partial charge in [-0.3, -0.25) is 9.36 Å². The zero-order valence-corrected chi connectivity index (χ0v) is 14.6. The van der Waals surface area contributed by atoms with E-state index < -0.39 is 0 Å². The van der Waals surface area contributed by atoms with Crippen LogP contribution in [0, 0.1) is 5.92 Å². The topological polar surface area (TPSA) is 55.1 Å². The van der Waals surface area contributed by atoms with Crippen molar-refractivity contribution in [2.45, 2.75) is 32.1 Å². The number of para-hydroxylation sites is 1. The van der Waals surface area contributed by atoms with Crippen molar-refractivity contribution < 1.29 is 5.11 Å². The Hall–Kier alpha value is -2.88. The van der Waals surface area contributed by atoms with E-state index in [-0.39, 0.29) is 11.3 Å². The largest absolute Gasteiger partial charge is 0.508 e. The van der Waals surface area contributed by atoms with E-state index in [2.05, 4.69) is 6.08 Å². The van der Waals surface area contributed by atoms with Crippen molar-refractivity contribution in [3.05, 3.63) is 70.8 Å². The predicted molar refractivity (Wildman–Crippen MR) is 105 cm³/mol. The fourth-order valence-corrected chi connectivity index (χ4v) is 3.69. The van der Waals surface area contributed by atoms with E-state index in [9.17, 15) is 9.90 Å². The standard InChI is InChI=1S/C22H22N2O2/c25-18-10-6-9-17(15-18)24-21(14-13-16-7-2-1-3-8-16)23-20-12-5-4-11-19(20)22(24)26/h4-6,9-16,25H,1-3,7-8H2/b14-13+. The number of phenolic OH excluding ortho intramolecular Hbond substituents is 1. The van der Waals surface area contributed by atoms with Gasteiger partial charge in [-0.25, -0.2) is 4.98 Å². The molecule has 1 heterocycles. The molecule has 4 rings (SSSR count). The molecule has 0 radical (unpaired) electrons. The molecule has 1 aromatic heterocycles. The first kappa shape index (κ1) is 16.6. The van der Waals surface area contributed by atoms with Gasteiger partial charge < -0.3 is 5.11 Å². The van der Waals surface area contributed by atoms with Crippen molar-refractivity contribution >= 4 is 17.0 Å². The molecule has 0 amide bonds. The van der Waals surface area contributed by atoms with Crippen LogP contribution in [0.1, 0.15) is 37.9 Å². The summed E-state index contributed by atoms with van der Waals surface area (Å²) in [4.78, 5) is 17.8. The Morgan fingerprint density at radius 1 is 1.04 bits per heavy atom. The van der Waals surface area contributed by atoms with Gasteiger partial charge in [0.2, 0.25) is 0 Å². The number of rotatable bonds is 3. The first-order chi connectivity index (χ1) is 12.7. The average molecular weight is 346 g/mol. The van der Waals surface area contributed by atoms with Crippen LogP contribution in [0.15, 0.2) is 59.4 Å². The van der Waals surface area contributed by atoms with Crippen LogP contribution in [-0.2, 0) is 0 Å². The molecule has 26 heavy (non-hydrogen) atoms. The average Bonchev–Trinajstić information content (AvgIpc) is 2.67. The minimum Gasteiger partial charge on any atom is -0.508 e. The summed E-state index contributed by atoms with van der Waals surface area (Å²) >= 11 is 0. The van der Waals surface area contributed by atoms with E-state index in [0.29, 0.717) is 28.3 Å². The SMILES string of the molecule is O=c1c2ccccc2nc(/C=C/C2CCCCC2)n1-c1cccc(O)c1. The number of hydrogen-bond donors (Lipinski definition) is 1. The summed E-state index contributed by atoms with van der Waals surface area (Å²) in [5.74, 6) is 1.28. The van der Waals surface area contributed by atoms with E-state index in [4.69, 9.17) is 4.98 Å². The highest BCUT2D eigenvalue weighted by Gasteiger charge is 2.13. The highest BCUT2D eigenvalue weighted by Crippen LogP contribution is 2.25. The third kappa shape index (κ3) is 3.27. The maximum absolute atomic E-state index is 13.1. The summed E-state index contributed by atoms with van der Waals surface area (Å²) < 4.78 is 1.58. The van der Waals surface area contributed by atoms with Gasteiger partial charge in [-0.15, -0.1) is 0 Å². The van der Waals surface area contributed by atoms with Crippen LogP contribution in [0.5, 0.6) is 5.75 Å². The smallest absolute Gasteiger partial charge is 0.266 e. The van der Waals surface area contributed by atoms with Gasteiger partial charge in [0.05, 0.1) is 16.6 Å². The zero-order valence-electron chi connectivity index (χ0n) is 14.6. The molecule has 0 unspecified atom stereocenters. The summed E-state index contributed by atoms with van der Waals surface area (Å²) in [6.45, 7) is 0. The Kier molecular flexibility index (Phi) is 4.57. The second kappa shape index (κ2) is 7.16. The third-order valence-electron chi connectivity index (χ3n) is 5.06. The number of aromatic nitrogens is 2. The zero-order chi connectivity index (χ0) is 17.9. The molecule has 3 aromatic rings. The van der Waals surface area contributed by atoms with Crippen molar-refractivity contribution in [3.8, 4) is 11.4 Å². The van der Waals surface area contributed by atoms with Crippen LogP contribution < -0.4 is 5.56 Å². The molecule has 1 N–H and O–H groups in total. The quantitative estimate of drug-likeness (QED) is 0.749. The van der Waals surface area contributed by atoms with Crippen molar-refractivity contribution in [1.29, 1.82) is 0 Å². The van der Waals surface area contributed by atoms with Crippen LogP contribution in [0.25, 0.3) is 22.7 Å². The van der Waals surface area contributed by atoms with Gasteiger partial charge in [-0.1, -0.05) is 43.5 Å². The summed E-state index contributed by atoms with van der Waals surface area (Å²) in [6.07, 6.45) is 10.4. The van der Waals surface area contributed by atoms with Gasteiger partial charge >= 0.3 is 0 Å². The van der Waals surface area contributed by atoms with Crippen molar-refractivity contribution in [3.63, 3.8) is 0 Å². The molecule has 0 spiro atoms. The number of fused-ring (bicyclic) bond motifs is 1. The van der Waals surface area contributed by atoms with E-state index in [1.54, 1.807) is 28.8 Å². The minimum atomic E-state index is -0.121. The lowest BCUT2D eigenvalue weighted by Gasteiger charge is -2.18. The Balaban J connectivity index is 1.88. The monoisotopic (exact) mass is 346 g/mol. The summed E-state index contributed by atoms with van der Waals surface area (Å²) in [5.41, 5.74) is 1.19. The fourth-order valence-electron chi connectivity index (χ4n) is 3.69. The van der Waals surface area contributed by atoms with Crippen LogP contribution >= 0.6 is 0 Å². The van der Waals surface area contributed by atoms with Crippen LogP contribution in [0.4, 0.5) is 0 Å². The molecule has 4 heteroatoms. The first-order valence-electron chi connectivity index (χ1n) is 9.22. The third-order valence-corrected chi connectivity index (χ3v) is 5.06. The number of phenols is 1. The van der Waals surface area contributed by atoms with Gasteiger partial charge in [-0.05, 0) is 49.1 Å². The fraction of sp³-hybridized carbons (Fsp3) is 0.273. The van der Waals surface area contributed by atoms with E-state index >= 15 is 0 Å². The molecule has 0 bridgehead atoms. The number of benzene rings is 2. The molecular formula is C22H22N2O2. The Labute approximate surface area is 152 Å². The molecule has 0 atom stereocenters. The maximum atomic E-state index is 13.1. The van der Waals surface area contributed by atoms with Crippen LogP contribution in [0.3, 0.4) is 0 Å². The predicted octanol–water partition coefficient (Wildman–Crippen LogP) is 4.68. The highest BCUT2D eigenvalue weighted by molar-refractivity contribution is 5.78. The van der Waals surface area contributed by atoms with E-state index in [0.717, 1.165) is 0 Å². The molecule has 1 aliphatic carbocycles. The highest BCUT2D eigenvalue weighted by atomic mass is 16.3. The molecule has 1 fully saturated rings. The molecule has 0 aliphatic heterocycles. The number of allylic oxidation sites excluding steroid dienone is 1. The molecule has 132 valence electrons. The Bertz CT molecular complexity index is 1010. The second-order valence-corrected chi connectivity index (χ2v) is 6.90. The van der Waals surface area contributed by atoms with E-state index in [1.165, 1.54) is 32.1 Å². The first-order valence-corrected chi connectivity index (χ1v) is 9.22. The van der Waals surface area contributed by atoms with Gasteiger partial charge in [0.1, 0.15) is 11.6 Å². The van der Waals surface area contributed by atoms with Gasteiger partial charge in [0.25, 0.3) is 5.56 Å². The second-order valence-electron chi connectivity index (χ2n) is 6.90. The van der Waals surface area contributed by atoms with Crippen molar-refractivity contribution in [2.24, 2.45) is 5.92 Å². The van der Waals surface area contributed by atoms with E-state index in [1.807, 2.05) is 30.3 Å². The summed E-state index contributed by atoms with van der Waals surface area (Å²) in [5, 5.41) is 10.4. The number of hydrogen-bond acceptors (Lipinski definition) is 3. The summed E-state index contributed by atoms with van der Waals surface area (Å²) in [7, 11) is 0. The molecule has 2 aromatic carbocycles. The maximum Gasteiger partial charge on any atom is 0.266 e. The van der Waals surface area contributed by atoms with Crippen molar-refractivity contribution in [2.75, 3.05) is 0 Å². The Morgan fingerprint density at radius 3 is 2.65 bits per heavy atom. The van der Waals surface area contributed by atoms with Gasteiger partial charge in [-0.2, -0.15) is 0 Å². The summed E-state index contributed by atoms with van der Waals surface area (Å²) in [6, 6.07) is 14.1. The number of aromatic hydroxyl groups is 1. The normalized spacial score (nSPS) is 15.7. The number of nitrogens with zero attached hydrogens (tertiary/aromatic N) is 2. The lowest BCUT2D eigenvalue weighted by atomic mass is 9.89. The Morgan fingerprint density at radius 2 is 1.85 bits per heavy atom. The molecule has 0 saturated heterocycles. The molecule has 1 saturated carbocycles. The van der Waals surface area contributed by atoms with Crippen LogP contribution in [-0.4, -0.2) is 14.7 Å². The lowest BCUT2D eigenvalue weighted by Crippen LogP contribution is -2.22. The molecule has 1 aliphatic rings. The molecule has 4 nitrogen and oxygen atoms in total. The lowest BCUT2D eigenvalue weighted by molar-refractivity contribution is 0.420. The van der Waals surface area contributed by atoms with Gasteiger partial charge in [0, 0.05) is 6.07 Å². The van der Waals surface area contributed by atoms with Crippen LogP contribution in [0.2, 0.25) is 0 Å². The van der Waals surface area contributed by atoms with Crippen molar-refractivity contribution in [1.82, 2.24) is 9.55 Å². The molecular weight excluding hydrogens is 324 g/mol.